The van der Waals surface area contributed by atoms with E-state index >= 15 is 0 Å². The van der Waals surface area contributed by atoms with Crippen LogP contribution in [0.25, 0.3) is 10.9 Å². The van der Waals surface area contributed by atoms with Crippen molar-refractivity contribution < 1.29 is 19.1 Å². The second-order valence-electron chi connectivity index (χ2n) is 9.72. The topological polar surface area (TPSA) is 72.8 Å². The Balaban J connectivity index is 1.78. The van der Waals surface area contributed by atoms with Gasteiger partial charge in [-0.25, -0.2) is 0 Å². The molecule has 0 saturated carbocycles. The maximum atomic E-state index is 13.6. The lowest BCUT2D eigenvalue weighted by Gasteiger charge is -2.21. The smallest absolute Gasteiger partial charge is 0.259 e. The molecule has 5 rings (SSSR count). The van der Waals surface area contributed by atoms with Gasteiger partial charge in [0.25, 0.3) is 5.91 Å². The Kier molecular flexibility index (Phi) is 5.58. The third-order valence-corrected chi connectivity index (χ3v) is 6.71. The van der Waals surface area contributed by atoms with Gasteiger partial charge in [0.2, 0.25) is 5.91 Å². The highest BCUT2D eigenvalue weighted by molar-refractivity contribution is 6.11. The minimum atomic E-state index is -0.373. The van der Waals surface area contributed by atoms with Crippen molar-refractivity contribution >= 4 is 28.4 Å². The second-order valence-corrected chi connectivity index (χ2v) is 9.72. The standard InChI is InChI=1S/C28H31N3O4/c1-15(2)30-13-19-25(18-10-11-23(35-16(3)4)24(12-18)34-6)27-21(14-31(17(5)32)28(27)33)29-20-8-7-9-22(30)26(19)20/h7-13,15-16,25,29H,14H2,1-6H3. The molecule has 182 valence electrons. The molecule has 0 aliphatic carbocycles. The van der Waals surface area contributed by atoms with Gasteiger partial charge in [-0.2, -0.15) is 0 Å². The summed E-state index contributed by atoms with van der Waals surface area (Å²) in [6.07, 6.45) is 2.15. The van der Waals surface area contributed by atoms with Gasteiger partial charge in [-0.1, -0.05) is 12.1 Å². The first-order valence-corrected chi connectivity index (χ1v) is 12.0. The zero-order valence-corrected chi connectivity index (χ0v) is 21.0. The molecule has 2 amide bonds. The van der Waals surface area contributed by atoms with Crippen LogP contribution in [0.1, 0.15) is 57.7 Å². The molecule has 1 atom stereocenters. The monoisotopic (exact) mass is 473 g/mol. The van der Waals surface area contributed by atoms with Gasteiger partial charge < -0.3 is 19.4 Å². The van der Waals surface area contributed by atoms with Crippen LogP contribution in [0.5, 0.6) is 11.5 Å². The van der Waals surface area contributed by atoms with Crippen molar-refractivity contribution in [3.05, 3.63) is 65.0 Å². The third-order valence-electron chi connectivity index (χ3n) is 6.71. The van der Waals surface area contributed by atoms with E-state index in [1.165, 1.54) is 11.8 Å². The second kappa shape index (κ2) is 8.48. The molecule has 1 aromatic heterocycles. The van der Waals surface area contributed by atoms with E-state index in [1.807, 2.05) is 44.2 Å². The van der Waals surface area contributed by atoms with Gasteiger partial charge in [-0.05, 0) is 63.1 Å². The minimum Gasteiger partial charge on any atom is -0.493 e. The normalized spacial score (nSPS) is 17.2. The molecule has 35 heavy (non-hydrogen) atoms. The number of nitrogens with zero attached hydrogens (tertiary/aromatic N) is 2. The average molecular weight is 474 g/mol. The number of benzene rings is 2. The first kappa shape index (κ1) is 23.0. The molecule has 0 radical (unpaired) electrons. The highest BCUT2D eigenvalue weighted by Gasteiger charge is 2.42. The quantitative estimate of drug-likeness (QED) is 0.550. The van der Waals surface area contributed by atoms with E-state index in [-0.39, 0.29) is 36.4 Å². The van der Waals surface area contributed by atoms with Gasteiger partial charge in [0.05, 0.1) is 30.8 Å². The number of hydrogen-bond acceptors (Lipinski definition) is 5. The molecule has 0 saturated heterocycles. The lowest BCUT2D eigenvalue weighted by Crippen LogP contribution is -2.33. The van der Waals surface area contributed by atoms with E-state index in [1.54, 1.807) is 7.11 Å². The Bertz CT molecular complexity index is 1380. The summed E-state index contributed by atoms with van der Waals surface area (Å²) in [5.41, 5.74) is 5.34. The molecular weight excluding hydrogens is 442 g/mol. The largest absolute Gasteiger partial charge is 0.493 e. The molecule has 7 heteroatoms. The molecule has 0 bridgehead atoms. The highest BCUT2D eigenvalue weighted by Crippen LogP contribution is 2.48. The Labute approximate surface area is 205 Å². The van der Waals surface area contributed by atoms with Gasteiger partial charge in [0.1, 0.15) is 0 Å². The summed E-state index contributed by atoms with van der Waals surface area (Å²) < 4.78 is 13.9. The minimum absolute atomic E-state index is 0.00162. The van der Waals surface area contributed by atoms with Crippen LogP contribution in [0.4, 0.5) is 5.69 Å². The van der Waals surface area contributed by atoms with E-state index < -0.39 is 0 Å². The van der Waals surface area contributed by atoms with Gasteiger partial charge in [0, 0.05) is 41.9 Å². The van der Waals surface area contributed by atoms with Crippen molar-refractivity contribution in [1.82, 2.24) is 9.47 Å². The molecule has 2 aliphatic heterocycles. The molecule has 2 aliphatic rings. The predicted molar refractivity (Wildman–Crippen MR) is 136 cm³/mol. The van der Waals surface area contributed by atoms with Gasteiger partial charge in [-0.15, -0.1) is 0 Å². The van der Waals surface area contributed by atoms with Crippen molar-refractivity contribution in [2.45, 2.75) is 52.7 Å². The number of carbonyl (C=O) groups excluding carboxylic acids is 2. The van der Waals surface area contributed by atoms with Crippen LogP contribution in [-0.4, -0.2) is 41.0 Å². The van der Waals surface area contributed by atoms with Crippen LogP contribution in [-0.2, 0) is 9.59 Å². The molecule has 7 nitrogen and oxygen atoms in total. The molecule has 0 spiro atoms. The van der Waals surface area contributed by atoms with Gasteiger partial charge in [-0.3, -0.25) is 14.5 Å². The summed E-state index contributed by atoms with van der Waals surface area (Å²) in [6.45, 7) is 9.90. The van der Waals surface area contributed by atoms with E-state index in [9.17, 15) is 9.59 Å². The van der Waals surface area contributed by atoms with E-state index in [4.69, 9.17) is 9.47 Å². The molecule has 2 aromatic carbocycles. The van der Waals surface area contributed by atoms with E-state index in [0.29, 0.717) is 17.1 Å². The Morgan fingerprint density at radius 2 is 1.89 bits per heavy atom. The van der Waals surface area contributed by atoms with Crippen LogP contribution in [0.15, 0.2) is 53.9 Å². The lowest BCUT2D eigenvalue weighted by atomic mass is 9.84. The van der Waals surface area contributed by atoms with Crippen LogP contribution in [0, 0.1) is 0 Å². The zero-order valence-electron chi connectivity index (χ0n) is 21.0. The number of ether oxygens (including phenoxy) is 2. The fourth-order valence-corrected chi connectivity index (χ4v) is 5.22. The summed E-state index contributed by atoms with van der Waals surface area (Å²) in [6, 6.07) is 12.2. The van der Waals surface area contributed by atoms with Crippen molar-refractivity contribution in [1.29, 1.82) is 0 Å². The number of rotatable bonds is 5. The molecular formula is C28H31N3O4. The number of imide groups is 1. The van der Waals surface area contributed by atoms with Crippen LogP contribution in [0.2, 0.25) is 0 Å². The third kappa shape index (κ3) is 3.66. The van der Waals surface area contributed by atoms with Crippen LogP contribution in [0.3, 0.4) is 0 Å². The lowest BCUT2D eigenvalue weighted by molar-refractivity contribution is -0.139. The number of methoxy groups -OCH3 is 1. The van der Waals surface area contributed by atoms with Gasteiger partial charge >= 0.3 is 0 Å². The molecule has 3 aromatic rings. The number of anilines is 1. The zero-order chi connectivity index (χ0) is 25.0. The van der Waals surface area contributed by atoms with Crippen molar-refractivity contribution in [3.63, 3.8) is 0 Å². The summed E-state index contributed by atoms with van der Waals surface area (Å²) in [5, 5.41) is 4.60. The highest BCUT2D eigenvalue weighted by atomic mass is 16.5. The SMILES string of the molecule is COc1cc(C2C3=C(CN(C(C)=O)C3=O)Nc3cccc4c3c2cn4C(C)C)ccc1OC(C)C. The first-order valence-electron chi connectivity index (χ1n) is 12.0. The summed E-state index contributed by atoms with van der Waals surface area (Å²) >= 11 is 0. The number of aromatic nitrogens is 1. The number of nitrogens with one attached hydrogen (secondary N) is 1. The molecule has 0 fully saturated rings. The molecule has 1 unspecified atom stereocenters. The fraction of sp³-hybridized carbons (Fsp3) is 0.357. The predicted octanol–water partition coefficient (Wildman–Crippen LogP) is 5.22. The van der Waals surface area contributed by atoms with E-state index in [0.717, 1.165) is 33.4 Å². The fourth-order valence-electron chi connectivity index (χ4n) is 5.22. The van der Waals surface area contributed by atoms with Gasteiger partial charge in [0.15, 0.2) is 11.5 Å². The number of hydrogen-bond donors (Lipinski definition) is 1. The van der Waals surface area contributed by atoms with Crippen molar-refractivity contribution in [3.8, 4) is 11.5 Å². The van der Waals surface area contributed by atoms with Crippen LogP contribution >= 0.6 is 0 Å². The summed E-state index contributed by atoms with van der Waals surface area (Å²) in [7, 11) is 1.62. The molecule has 1 N–H and O–H groups in total. The average Bonchev–Trinajstić information content (AvgIpc) is 3.30. The first-order chi connectivity index (χ1) is 16.7. The van der Waals surface area contributed by atoms with E-state index in [2.05, 4.69) is 36.0 Å². The Morgan fingerprint density at radius 1 is 1.11 bits per heavy atom. The van der Waals surface area contributed by atoms with Crippen molar-refractivity contribution in [2.75, 3.05) is 19.0 Å². The maximum absolute atomic E-state index is 13.6. The maximum Gasteiger partial charge on any atom is 0.259 e. The summed E-state index contributed by atoms with van der Waals surface area (Å²) in [4.78, 5) is 27.3. The number of carbonyl (C=O) groups is 2. The summed E-state index contributed by atoms with van der Waals surface area (Å²) in [5.74, 6) is 0.366. The Hall–Kier alpha value is -3.74. The number of amides is 2. The molecule has 3 heterocycles. The van der Waals surface area contributed by atoms with Crippen molar-refractivity contribution in [2.24, 2.45) is 0 Å². The Morgan fingerprint density at radius 3 is 2.54 bits per heavy atom. The van der Waals surface area contributed by atoms with Crippen LogP contribution < -0.4 is 14.8 Å².